The third-order valence-electron chi connectivity index (χ3n) is 2.61. The van der Waals surface area contributed by atoms with E-state index in [0.717, 1.165) is 16.8 Å². The van der Waals surface area contributed by atoms with Crippen molar-refractivity contribution in [3.05, 3.63) is 59.4 Å². The largest absolute Gasteiger partial charge is 0.346 e. The minimum atomic E-state index is 0.516. The Morgan fingerprint density at radius 3 is 2.75 bits per heavy atom. The molecule has 1 aromatic carbocycles. The molecule has 0 aliphatic heterocycles. The summed E-state index contributed by atoms with van der Waals surface area (Å²) in [5, 5.41) is 8.99. The van der Waals surface area contributed by atoms with Gasteiger partial charge in [-0.05, 0) is 23.8 Å². The number of hydrogen-bond acceptors (Lipinski definition) is 2. The van der Waals surface area contributed by atoms with Gasteiger partial charge in [-0.15, -0.1) is 0 Å². The first-order chi connectivity index (χ1) is 7.85. The van der Waals surface area contributed by atoms with Crippen molar-refractivity contribution in [3.63, 3.8) is 0 Å². The fourth-order valence-electron chi connectivity index (χ4n) is 1.74. The molecule has 0 saturated heterocycles. The summed E-state index contributed by atoms with van der Waals surface area (Å²) in [7, 11) is 0. The fourth-order valence-corrected chi connectivity index (χ4v) is 1.74. The Morgan fingerprint density at radius 1 is 1.19 bits per heavy atom. The number of benzene rings is 1. The average molecular weight is 211 g/mol. The zero-order chi connectivity index (χ0) is 11.4. The van der Waals surface area contributed by atoms with E-state index in [1.165, 1.54) is 0 Å². The summed E-state index contributed by atoms with van der Waals surface area (Å²) in [6, 6.07) is 13.8. The van der Waals surface area contributed by atoms with Gasteiger partial charge in [0.2, 0.25) is 0 Å². The van der Waals surface area contributed by atoms with Crippen molar-refractivity contribution in [2.45, 2.75) is 13.1 Å². The van der Waals surface area contributed by atoms with E-state index in [0.29, 0.717) is 13.1 Å². The molecule has 1 aromatic heterocycles. The van der Waals surface area contributed by atoms with Crippen LogP contribution < -0.4 is 5.73 Å². The Balaban J connectivity index is 2.31. The highest BCUT2D eigenvalue weighted by Gasteiger charge is 2.03. The third-order valence-corrected chi connectivity index (χ3v) is 2.61. The molecular formula is C13H13N3. The molecule has 0 unspecified atom stereocenters. The Kier molecular flexibility index (Phi) is 3.04. The second-order valence-corrected chi connectivity index (χ2v) is 3.60. The van der Waals surface area contributed by atoms with Crippen molar-refractivity contribution in [2.75, 3.05) is 0 Å². The van der Waals surface area contributed by atoms with Crippen LogP contribution in [0.4, 0.5) is 0 Å². The van der Waals surface area contributed by atoms with Crippen molar-refractivity contribution in [1.82, 2.24) is 4.57 Å². The van der Waals surface area contributed by atoms with E-state index >= 15 is 0 Å². The molecule has 2 aromatic rings. The standard InChI is InChI=1S/C13H13N3/c14-8-11-4-1-2-5-12(11)10-16-7-3-6-13(16)9-15/h1-7H,9-10,15H2. The normalized spacial score (nSPS) is 10.0. The summed E-state index contributed by atoms with van der Waals surface area (Å²) in [5.41, 5.74) is 8.46. The molecule has 2 N–H and O–H groups in total. The van der Waals surface area contributed by atoms with Crippen molar-refractivity contribution in [2.24, 2.45) is 5.73 Å². The van der Waals surface area contributed by atoms with Crippen LogP contribution in [0.1, 0.15) is 16.8 Å². The molecule has 0 saturated carbocycles. The van der Waals surface area contributed by atoms with Gasteiger partial charge < -0.3 is 10.3 Å². The summed E-state index contributed by atoms with van der Waals surface area (Å²) in [5.74, 6) is 0. The highest BCUT2D eigenvalue weighted by atomic mass is 15.0. The van der Waals surface area contributed by atoms with Gasteiger partial charge >= 0.3 is 0 Å². The quantitative estimate of drug-likeness (QED) is 0.842. The summed E-state index contributed by atoms with van der Waals surface area (Å²) >= 11 is 0. The van der Waals surface area contributed by atoms with E-state index in [1.54, 1.807) is 0 Å². The van der Waals surface area contributed by atoms with Gasteiger partial charge in [0.25, 0.3) is 0 Å². The van der Waals surface area contributed by atoms with E-state index in [2.05, 4.69) is 10.6 Å². The summed E-state index contributed by atoms with van der Waals surface area (Å²) in [6.45, 7) is 1.21. The van der Waals surface area contributed by atoms with Crippen LogP contribution in [0.3, 0.4) is 0 Å². The molecule has 0 aliphatic carbocycles. The smallest absolute Gasteiger partial charge is 0.0995 e. The molecule has 16 heavy (non-hydrogen) atoms. The van der Waals surface area contributed by atoms with Crippen molar-refractivity contribution < 1.29 is 0 Å². The molecular weight excluding hydrogens is 198 g/mol. The second kappa shape index (κ2) is 4.65. The minimum Gasteiger partial charge on any atom is -0.346 e. The predicted octanol–water partition coefficient (Wildman–Crippen LogP) is 1.87. The van der Waals surface area contributed by atoms with Gasteiger partial charge in [-0.1, -0.05) is 18.2 Å². The zero-order valence-electron chi connectivity index (χ0n) is 8.93. The van der Waals surface area contributed by atoms with Crippen LogP contribution in [-0.4, -0.2) is 4.57 Å². The van der Waals surface area contributed by atoms with Gasteiger partial charge in [0, 0.05) is 25.0 Å². The Morgan fingerprint density at radius 2 is 2.00 bits per heavy atom. The molecule has 0 fully saturated rings. The van der Waals surface area contributed by atoms with Crippen LogP contribution in [0.15, 0.2) is 42.6 Å². The molecule has 0 bridgehead atoms. The molecule has 80 valence electrons. The molecule has 0 amide bonds. The maximum absolute atomic E-state index is 8.99. The molecule has 1 heterocycles. The molecule has 0 spiro atoms. The number of aromatic nitrogens is 1. The minimum absolute atomic E-state index is 0.516. The number of hydrogen-bond donors (Lipinski definition) is 1. The lowest BCUT2D eigenvalue weighted by atomic mass is 10.1. The molecule has 3 heteroatoms. The maximum atomic E-state index is 8.99. The van der Waals surface area contributed by atoms with E-state index in [1.807, 2.05) is 42.6 Å². The first-order valence-electron chi connectivity index (χ1n) is 5.17. The predicted molar refractivity (Wildman–Crippen MR) is 62.6 cm³/mol. The van der Waals surface area contributed by atoms with E-state index in [-0.39, 0.29) is 0 Å². The molecule has 0 radical (unpaired) electrons. The number of nitriles is 1. The van der Waals surface area contributed by atoms with Gasteiger partial charge in [0.1, 0.15) is 0 Å². The number of nitrogens with two attached hydrogens (primary N) is 1. The van der Waals surface area contributed by atoms with Gasteiger partial charge in [0.15, 0.2) is 0 Å². The monoisotopic (exact) mass is 211 g/mol. The molecule has 0 atom stereocenters. The van der Waals surface area contributed by atoms with Gasteiger partial charge in [0.05, 0.1) is 11.6 Å². The third kappa shape index (κ3) is 1.97. The fraction of sp³-hybridized carbons (Fsp3) is 0.154. The number of nitrogens with zero attached hydrogens (tertiary/aromatic N) is 2. The van der Waals surface area contributed by atoms with Crippen molar-refractivity contribution in [3.8, 4) is 6.07 Å². The first-order valence-corrected chi connectivity index (χ1v) is 5.17. The van der Waals surface area contributed by atoms with E-state index in [9.17, 15) is 0 Å². The first kappa shape index (κ1) is 10.5. The highest BCUT2D eigenvalue weighted by Crippen LogP contribution is 2.11. The van der Waals surface area contributed by atoms with Crippen LogP contribution in [0.5, 0.6) is 0 Å². The zero-order valence-corrected chi connectivity index (χ0v) is 8.93. The van der Waals surface area contributed by atoms with Gasteiger partial charge in [-0.25, -0.2) is 0 Å². The molecule has 2 rings (SSSR count). The van der Waals surface area contributed by atoms with Crippen molar-refractivity contribution in [1.29, 1.82) is 5.26 Å². The Hall–Kier alpha value is -2.05. The lowest BCUT2D eigenvalue weighted by Gasteiger charge is -2.08. The molecule has 0 aliphatic rings. The lowest BCUT2D eigenvalue weighted by Crippen LogP contribution is -2.08. The average Bonchev–Trinajstić information content (AvgIpc) is 2.77. The second-order valence-electron chi connectivity index (χ2n) is 3.60. The van der Waals surface area contributed by atoms with Crippen LogP contribution in [-0.2, 0) is 13.1 Å². The topological polar surface area (TPSA) is 54.7 Å². The van der Waals surface area contributed by atoms with Crippen LogP contribution in [0.25, 0.3) is 0 Å². The lowest BCUT2D eigenvalue weighted by molar-refractivity contribution is 0.742. The summed E-state index contributed by atoms with van der Waals surface area (Å²) < 4.78 is 2.07. The van der Waals surface area contributed by atoms with Crippen LogP contribution in [0, 0.1) is 11.3 Å². The number of rotatable bonds is 3. The SMILES string of the molecule is N#Cc1ccccc1Cn1cccc1CN. The maximum Gasteiger partial charge on any atom is 0.0995 e. The highest BCUT2D eigenvalue weighted by molar-refractivity contribution is 5.37. The van der Waals surface area contributed by atoms with Gasteiger partial charge in [-0.2, -0.15) is 5.26 Å². The van der Waals surface area contributed by atoms with Crippen molar-refractivity contribution >= 4 is 0 Å². The van der Waals surface area contributed by atoms with Crippen LogP contribution >= 0.6 is 0 Å². The Labute approximate surface area is 94.7 Å². The molecule has 3 nitrogen and oxygen atoms in total. The van der Waals surface area contributed by atoms with Gasteiger partial charge in [-0.3, -0.25) is 0 Å². The summed E-state index contributed by atoms with van der Waals surface area (Å²) in [4.78, 5) is 0. The summed E-state index contributed by atoms with van der Waals surface area (Å²) in [6.07, 6.45) is 1.98. The van der Waals surface area contributed by atoms with Crippen LogP contribution in [0.2, 0.25) is 0 Å². The van der Waals surface area contributed by atoms with E-state index < -0.39 is 0 Å². The van der Waals surface area contributed by atoms with E-state index in [4.69, 9.17) is 11.0 Å². The Bertz CT molecular complexity index is 520.